The van der Waals surface area contributed by atoms with Crippen molar-refractivity contribution >= 4 is 5.69 Å². The molecule has 1 saturated heterocycles. The van der Waals surface area contributed by atoms with Crippen LogP contribution in [0.2, 0.25) is 0 Å². The smallest absolute Gasteiger partial charge is 0.232 e. The van der Waals surface area contributed by atoms with E-state index in [4.69, 9.17) is 9.15 Å². The van der Waals surface area contributed by atoms with Gasteiger partial charge < -0.3 is 14.1 Å². The Morgan fingerprint density at radius 1 is 1.14 bits per heavy atom. The molecule has 0 aliphatic carbocycles. The summed E-state index contributed by atoms with van der Waals surface area (Å²) in [6.45, 7) is 4.54. The first kappa shape index (κ1) is 18.1. The number of benzene rings is 1. The molecule has 4 rings (SSSR count). The SMILES string of the molecule is CCOc1nc(-c2ccco2)cc(-c2ccc(N3CCCCC3)cc2)c1C#N. The lowest BCUT2D eigenvalue weighted by molar-refractivity contribution is 0.326. The normalized spacial score (nSPS) is 13.9. The molecule has 0 N–H and O–H groups in total. The zero-order valence-electron chi connectivity index (χ0n) is 16.0. The predicted molar refractivity (Wildman–Crippen MR) is 109 cm³/mol. The Morgan fingerprint density at radius 3 is 2.57 bits per heavy atom. The van der Waals surface area contributed by atoms with Gasteiger partial charge in [-0.25, -0.2) is 4.98 Å². The number of nitrogens with zero attached hydrogens (tertiary/aromatic N) is 3. The van der Waals surface area contributed by atoms with Gasteiger partial charge in [-0.2, -0.15) is 5.26 Å². The number of anilines is 1. The maximum Gasteiger partial charge on any atom is 0.232 e. The van der Waals surface area contributed by atoms with Crippen LogP contribution in [0, 0.1) is 11.3 Å². The lowest BCUT2D eigenvalue weighted by atomic mass is 9.99. The molecule has 0 spiro atoms. The summed E-state index contributed by atoms with van der Waals surface area (Å²) in [7, 11) is 0. The molecule has 0 saturated carbocycles. The van der Waals surface area contributed by atoms with E-state index in [1.807, 2.05) is 25.1 Å². The van der Waals surface area contributed by atoms with E-state index in [1.165, 1.54) is 24.9 Å². The minimum Gasteiger partial charge on any atom is -0.477 e. The van der Waals surface area contributed by atoms with Gasteiger partial charge in [-0.15, -0.1) is 0 Å². The van der Waals surface area contributed by atoms with E-state index in [1.54, 1.807) is 6.26 Å². The number of nitriles is 1. The van der Waals surface area contributed by atoms with E-state index in [0.29, 0.717) is 29.5 Å². The quantitative estimate of drug-likeness (QED) is 0.610. The van der Waals surface area contributed by atoms with Crippen molar-refractivity contribution in [3.8, 4) is 34.5 Å². The summed E-state index contributed by atoms with van der Waals surface area (Å²) in [5, 5.41) is 9.77. The van der Waals surface area contributed by atoms with Crippen LogP contribution in [-0.2, 0) is 0 Å². The molecular weight excluding hydrogens is 350 g/mol. The van der Waals surface area contributed by atoms with Gasteiger partial charge in [0.15, 0.2) is 5.76 Å². The summed E-state index contributed by atoms with van der Waals surface area (Å²) in [6, 6.07) is 16.3. The number of rotatable bonds is 5. The van der Waals surface area contributed by atoms with Gasteiger partial charge in [-0.3, -0.25) is 0 Å². The van der Waals surface area contributed by atoms with E-state index in [9.17, 15) is 5.26 Å². The topological polar surface area (TPSA) is 62.3 Å². The van der Waals surface area contributed by atoms with Gasteiger partial charge >= 0.3 is 0 Å². The van der Waals surface area contributed by atoms with Crippen LogP contribution < -0.4 is 9.64 Å². The molecule has 1 aliphatic rings. The molecule has 28 heavy (non-hydrogen) atoms. The monoisotopic (exact) mass is 373 g/mol. The second-order valence-electron chi connectivity index (χ2n) is 6.85. The van der Waals surface area contributed by atoms with Crippen LogP contribution in [0.15, 0.2) is 53.1 Å². The third kappa shape index (κ3) is 3.59. The van der Waals surface area contributed by atoms with Crippen LogP contribution >= 0.6 is 0 Å². The Kier molecular flexibility index (Phi) is 5.29. The molecular formula is C23H23N3O2. The van der Waals surface area contributed by atoms with Crippen LogP contribution in [0.4, 0.5) is 5.69 Å². The number of hydrogen-bond donors (Lipinski definition) is 0. The summed E-state index contributed by atoms with van der Waals surface area (Å²) in [5.74, 6) is 0.991. The first-order chi connectivity index (χ1) is 13.8. The van der Waals surface area contributed by atoms with E-state index in [2.05, 4.69) is 40.2 Å². The van der Waals surface area contributed by atoms with E-state index < -0.39 is 0 Å². The second-order valence-corrected chi connectivity index (χ2v) is 6.85. The Hall–Kier alpha value is -3.26. The number of aromatic nitrogens is 1. The van der Waals surface area contributed by atoms with Crippen molar-refractivity contribution in [1.82, 2.24) is 4.98 Å². The van der Waals surface area contributed by atoms with Gasteiger partial charge in [0.05, 0.1) is 12.9 Å². The van der Waals surface area contributed by atoms with Crippen molar-refractivity contribution in [2.24, 2.45) is 0 Å². The van der Waals surface area contributed by atoms with Gasteiger partial charge in [0.2, 0.25) is 5.88 Å². The number of furan rings is 1. The average Bonchev–Trinajstić information content (AvgIpc) is 3.29. The van der Waals surface area contributed by atoms with Crippen molar-refractivity contribution < 1.29 is 9.15 Å². The molecule has 0 unspecified atom stereocenters. The fourth-order valence-electron chi connectivity index (χ4n) is 3.65. The number of pyridine rings is 1. The van der Waals surface area contributed by atoms with Gasteiger partial charge in [0.25, 0.3) is 0 Å². The molecule has 1 fully saturated rings. The standard InChI is InChI=1S/C23H23N3O2/c1-2-27-23-20(16-24)19(15-21(25-23)22-7-6-14-28-22)17-8-10-18(11-9-17)26-12-4-3-5-13-26/h6-11,14-15H,2-5,12-13H2,1H3. The molecule has 0 radical (unpaired) electrons. The van der Waals surface area contributed by atoms with Crippen LogP contribution in [0.25, 0.3) is 22.6 Å². The zero-order valence-corrected chi connectivity index (χ0v) is 16.0. The molecule has 5 nitrogen and oxygen atoms in total. The highest BCUT2D eigenvalue weighted by atomic mass is 16.5. The molecule has 2 aromatic heterocycles. The van der Waals surface area contributed by atoms with Crippen LogP contribution in [0.5, 0.6) is 5.88 Å². The largest absolute Gasteiger partial charge is 0.477 e. The van der Waals surface area contributed by atoms with Crippen molar-refractivity contribution in [2.45, 2.75) is 26.2 Å². The fraction of sp³-hybridized carbons (Fsp3) is 0.304. The molecule has 0 bridgehead atoms. The summed E-state index contributed by atoms with van der Waals surface area (Å²) in [4.78, 5) is 6.93. The molecule has 3 heterocycles. The van der Waals surface area contributed by atoms with Crippen molar-refractivity contribution in [1.29, 1.82) is 5.26 Å². The predicted octanol–water partition coefficient (Wildman–Crippen LogP) is 5.27. The van der Waals surface area contributed by atoms with Crippen LogP contribution in [0.1, 0.15) is 31.7 Å². The maximum atomic E-state index is 9.77. The van der Waals surface area contributed by atoms with Gasteiger partial charge in [0.1, 0.15) is 17.3 Å². The van der Waals surface area contributed by atoms with Gasteiger partial charge in [0, 0.05) is 24.3 Å². The van der Waals surface area contributed by atoms with Crippen molar-refractivity contribution in [2.75, 3.05) is 24.6 Å². The minimum atomic E-state index is 0.342. The third-order valence-corrected chi connectivity index (χ3v) is 5.05. The Bertz CT molecular complexity index is 966. The van der Waals surface area contributed by atoms with E-state index in [0.717, 1.165) is 24.2 Å². The molecule has 0 amide bonds. The Balaban J connectivity index is 1.76. The Labute approximate surface area is 165 Å². The third-order valence-electron chi connectivity index (χ3n) is 5.05. The van der Waals surface area contributed by atoms with Crippen LogP contribution in [0.3, 0.4) is 0 Å². The maximum absolute atomic E-state index is 9.77. The zero-order chi connectivity index (χ0) is 19.3. The van der Waals surface area contributed by atoms with Crippen molar-refractivity contribution in [3.05, 3.63) is 54.3 Å². The Morgan fingerprint density at radius 2 is 1.93 bits per heavy atom. The summed E-state index contributed by atoms with van der Waals surface area (Å²) >= 11 is 0. The molecule has 1 aliphatic heterocycles. The van der Waals surface area contributed by atoms with Crippen LogP contribution in [-0.4, -0.2) is 24.7 Å². The summed E-state index contributed by atoms with van der Waals surface area (Å²) in [6.07, 6.45) is 5.42. The highest BCUT2D eigenvalue weighted by Crippen LogP contribution is 2.34. The average molecular weight is 373 g/mol. The van der Waals surface area contributed by atoms with E-state index >= 15 is 0 Å². The minimum absolute atomic E-state index is 0.342. The fourth-order valence-corrected chi connectivity index (χ4v) is 3.65. The highest BCUT2D eigenvalue weighted by Gasteiger charge is 2.18. The van der Waals surface area contributed by atoms with Crippen molar-refractivity contribution in [3.63, 3.8) is 0 Å². The summed E-state index contributed by atoms with van der Waals surface area (Å²) < 4.78 is 11.2. The van der Waals surface area contributed by atoms with E-state index in [-0.39, 0.29) is 0 Å². The first-order valence-corrected chi connectivity index (χ1v) is 9.77. The number of ether oxygens (including phenoxy) is 1. The number of piperidine rings is 1. The summed E-state index contributed by atoms with van der Waals surface area (Å²) in [5.41, 5.74) is 4.10. The molecule has 142 valence electrons. The first-order valence-electron chi connectivity index (χ1n) is 9.77. The molecule has 3 aromatic rings. The molecule has 5 heteroatoms. The lowest BCUT2D eigenvalue weighted by Crippen LogP contribution is -2.29. The van der Waals surface area contributed by atoms with Gasteiger partial charge in [-0.1, -0.05) is 12.1 Å². The second kappa shape index (κ2) is 8.18. The lowest BCUT2D eigenvalue weighted by Gasteiger charge is -2.28. The molecule has 0 atom stereocenters. The highest BCUT2D eigenvalue weighted by molar-refractivity contribution is 5.77. The van der Waals surface area contributed by atoms with Gasteiger partial charge in [-0.05, 0) is 62.1 Å². The molecule has 1 aromatic carbocycles. The number of hydrogen-bond acceptors (Lipinski definition) is 5.